The summed E-state index contributed by atoms with van der Waals surface area (Å²) in [5.41, 5.74) is 0.488. The van der Waals surface area contributed by atoms with E-state index < -0.39 is 29.2 Å². The van der Waals surface area contributed by atoms with Crippen molar-refractivity contribution in [3.05, 3.63) is 101 Å². The van der Waals surface area contributed by atoms with Gasteiger partial charge in [0, 0.05) is 17.2 Å². The zero-order valence-electron chi connectivity index (χ0n) is 18.4. The second-order valence-electron chi connectivity index (χ2n) is 8.40. The molecule has 34 heavy (non-hydrogen) atoms. The molecule has 0 aliphatic carbocycles. The number of hydrogen-bond acceptors (Lipinski definition) is 5. The normalized spacial score (nSPS) is 21.6. The molecule has 0 aromatic heterocycles. The Morgan fingerprint density at radius 1 is 1.00 bits per heavy atom. The first kappa shape index (κ1) is 21.4. The Morgan fingerprint density at radius 3 is 2.35 bits per heavy atom. The molecule has 6 heteroatoms. The molecule has 0 spiro atoms. The van der Waals surface area contributed by atoms with Crippen LogP contribution in [0.1, 0.15) is 27.4 Å². The molecule has 0 radical (unpaired) electrons. The molecule has 0 amide bonds. The minimum absolute atomic E-state index is 0.178. The van der Waals surface area contributed by atoms with E-state index in [1.807, 2.05) is 35.2 Å². The van der Waals surface area contributed by atoms with Crippen LogP contribution in [0.4, 0.5) is 10.1 Å². The Bertz CT molecular complexity index is 1370. The summed E-state index contributed by atoms with van der Waals surface area (Å²) in [6, 6.07) is 22.9. The van der Waals surface area contributed by atoms with Crippen LogP contribution in [-0.2, 0) is 0 Å². The molecule has 0 N–H and O–H groups in total. The van der Waals surface area contributed by atoms with Crippen molar-refractivity contribution in [2.24, 2.45) is 5.41 Å². The van der Waals surface area contributed by atoms with Gasteiger partial charge >= 0.3 is 0 Å². The summed E-state index contributed by atoms with van der Waals surface area (Å²) in [6.45, 7) is 0. The van der Waals surface area contributed by atoms with Gasteiger partial charge in [0.05, 0.1) is 25.3 Å². The Morgan fingerprint density at radius 2 is 1.68 bits per heavy atom. The lowest BCUT2D eigenvalue weighted by Gasteiger charge is -2.35. The molecule has 2 aliphatic rings. The smallest absolute Gasteiger partial charge is 0.185 e. The van der Waals surface area contributed by atoms with Gasteiger partial charge in [0.1, 0.15) is 17.6 Å². The molecule has 3 aromatic carbocycles. The molecule has 0 saturated carbocycles. The highest BCUT2D eigenvalue weighted by atomic mass is 19.1. The average molecular weight is 449 g/mol. The maximum Gasteiger partial charge on any atom is 0.185 e. The number of nitrogens with zero attached hydrogens (tertiary/aromatic N) is 3. The molecular weight excluding hydrogens is 429 g/mol. The van der Waals surface area contributed by atoms with Crippen LogP contribution in [0.3, 0.4) is 0 Å². The Labute approximate surface area is 196 Å². The average Bonchev–Trinajstić information content (AvgIpc) is 3.19. The second kappa shape index (κ2) is 8.17. The Kier molecular flexibility index (Phi) is 5.15. The topological polar surface area (TPSA) is 77.1 Å². The van der Waals surface area contributed by atoms with Crippen molar-refractivity contribution in [1.82, 2.24) is 0 Å². The summed E-state index contributed by atoms with van der Waals surface area (Å²) in [4.78, 5) is 15.9. The van der Waals surface area contributed by atoms with E-state index in [1.54, 1.807) is 48.5 Å². The van der Waals surface area contributed by atoms with E-state index in [1.165, 1.54) is 13.2 Å². The number of ether oxygens (including phenoxy) is 1. The van der Waals surface area contributed by atoms with Crippen molar-refractivity contribution < 1.29 is 13.9 Å². The number of ketones is 1. The van der Waals surface area contributed by atoms with Gasteiger partial charge in [-0.1, -0.05) is 48.6 Å². The zero-order chi connectivity index (χ0) is 23.9. The van der Waals surface area contributed by atoms with Crippen LogP contribution in [0.25, 0.3) is 6.08 Å². The largest absolute Gasteiger partial charge is 0.497 e. The van der Waals surface area contributed by atoms with Crippen molar-refractivity contribution in [2.45, 2.75) is 18.0 Å². The van der Waals surface area contributed by atoms with E-state index in [9.17, 15) is 15.3 Å². The number of Topliss-reactive ketones (excluding diaryl/α,β-unsaturated/α-hetero) is 1. The number of rotatable bonds is 4. The molecule has 0 bridgehead atoms. The van der Waals surface area contributed by atoms with Gasteiger partial charge in [-0.05, 0) is 47.5 Å². The van der Waals surface area contributed by atoms with Gasteiger partial charge in [-0.3, -0.25) is 4.79 Å². The number of carbonyl (C=O) groups excluding carboxylic acids is 1. The molecule has 1 fully saturated rings. The van der Waals surface area contributed by atoms with Crippen molar-refractivity contribution in [1.29, 1.82) is 10.5 Å². The number of nitriles is 2. The van der Waals surface area contributed by atoms with Crippen LogP contribution in [0.2, 0.25) is 0 Å². The summed E-state index contributed by atoms with van der Waals surface area (Å²) < 4.78 is 20.4. The van der Waals surface area contributed by atoms with Gasteiger partial charge in [-0.2, -0.15) is 10.5 Å². The number of methoxy groups -OCH3 is 1. The minimum atomic E-state index is -1.68. The first-order valence-corrected chi connectivity index (χ1v) is 10.9. The molecule has 2 heterocycles. The van der Waals surface area contributed by atoms with Crippen molar-refractivity contribution in [2.75, 3.05) is 12.0 Å². The van der Waals surface area contributed by atoms with Crippen LogP contribution >= 0.6 is 0 Å². The molecule has 166 valence electrons. The standard InChI is InChI=1S/C28H20FN3O2/c1-34-20-13-10-19(11-14-20)27(33)26-25(21-7-3-4-8-22(21)29)28(16-30,17-31)24-15-12-18-6-2-5-9-23(18)32(24)26/h2-15,24-26H,1H3. The molecule has 2 aliphatic heterocycles. The number of para-hydroxylation sites is 1. The maximum absolute atomic E-state index is 15.2. The quantitative estimate of drug-likeness (QED) is 0.517. The van der Waals surface area contributed by atoms with E-state index in [0.717, 1.165) is 11.3 Å². The maximum atomic E-state index is 15.2. The minimum Gasteiger partial charge on any atom is -0.497 e. The van der Waals surface area contributed by atoms with Gasteiger partial charge in [0.25, 0.3) is 0 Å². The van der Waals surface area contributed by atoms with E-state index in [0.29, 0.717) is 11.3 Å². The monoisotopic (exact) mass is 449 g/mol. The van der Waals surface area contributed by atoms with Crippen molar-refractivity contribution in [3.63, 3.8) is 0 Å². The van der Waals surface area contributed by atoms with Crippen LogP contribution in [-0.4, -0.2) is 25.0 Å². The van der Waals surface area contributed by atoms with Gasteiger partial charge in [0.15, 0.2) is 11.2 Å². The van der Waals surface area contributed by atoms with Gasteiger partial charge < -0.3 is 9.64 Å². The summed E-state index contributed by atoms with van der Waals surface area (Å²) in [5.74, 6) is -1.26. The third-order valence-electron chi connectivity index (χ3n) is 6.80. The predicted octanol–water partition coefficient (Wildman–Crippen LogP) is 5.12. The highest BCUT2D eigenvalue weighted by Crippen LogP contribution is 2.55. The number of fused-ring (bicyclic) bond motifs is 3. The number of hydrogen-bond donors (Lipinski definition) is 0. The molecule has 1 saturated heterocycles. The fraction of sp³-hybridized carbons (Fsp3) is 0.179. The van der Waals surface area contributed by atoms with Gasteiger partial charge in [0.2, 0.25) is 0 Å². The fourth-order valence-electron chi connectivity index (χ4n) is 5.23. The number of halogens is 1. The van der Waals surface area contributed by atoms with Crippen LogP contribution < -0.4 is 9.64 Å². The predicted molar refractivity (Wildman–Crippen MR) is 126 cm³/mol. The molecule has 3 unspecified atom stereocenters. The third-order valence-corrected chi connectivity index (χ3v) is 6.80. The molecule has 5 nitrogen and oxygen atoms in total. The van der Waals surface area contributed by atoms with E-state index in [2.05, 4.69) is 12.1 Å². The molecule has 3 aromatic rings. The summed E-state index contributed by atoms with van der Waals surface area (Å²) in [6.07, 6.45) is 3.64. The Hall–Kier alpha value is -4.42. The number of carbonyl (C=O) groups is 1. The molecular formula is C28H20FN3O2. The Balaban J connectivity index is 1.78. The van der Waals surface area contributed by atoms with E-state index in [-0.39, 0.29) is 11.3 Å². The third kappa shape index (κ3) is 3.00. The number of anilines is 1. The van der Waals surface area contributed by atoms with Gasteiger partial charge in [-0.25, -0.2) is 4.39 Å². The lowest BCUT2D eigenvalue weighted by Crippen LogP contribution is -2.44. The highest BCUT2D eigenvalue weighted by Gasteiger charge is 2.63. The second-order valence-corrected chi connectivity index (χ2v) is 8.40. The first-order chi connectivity index (χ1) is 16.6. The molecule has 5 rings (SSSR count). The lowest BCUT2D eigenvalue weighted by atomic mass is 9.69. The fourth-order valence-corrected chi connectivity index (χ4v) is 5.23. The van der Waals surface area contributed by atoms with Crippen LogP contribution in [0.15, 0.2) is 78.9 Å². The SMILES string of the molecule is COc1ccc(C(=O)C2C(c3ccccc3F)C(C#N)(C#N)C3C=Cc4ccccc4N23)cc1. The van der Waals surface area contributed by atoms with Crippen LogP contribution in [0.5, 0.6) is 5.75 Å². The zero-order valence-corrected chi connectivity index (χ0v) is 18.4. The van der Waals surface area contributed by atoms with E-state index >= 15 is 4.39 Å². The highest BCUT2D eigenvalue weighted by molar-refractivity contribution is 6.04. The summed E-state index contributed by atoms with van der Waals surface area (Å²) in [5, 5.41) is 20.8. The lowest BCUT2D eigenvalue weighted by molar-refractivity contribution is 0.0950. The first-order valence-electron chi connectivity index (χ1n) is 10.9. The van der Waals surface area contributed by atoms with Crippen LogP contribution in [0, 0.1) is 33.9 Å². The summed E-state index contributed by atoms with van der Waals surface area (Å²) >= 11 is 0. The van der Waals surface area contributed by atoms with E-state index in [4.69, 9.17) is 4.74 Å². The van der Waals surface area contributed by atoms with Gasteiger partial charge in [-0.15, -0.1) is 0 Å². The molecule has 3 atom stereocenters. The summed E-state index contributed by atoms with van der Waals surface area (Å²) in [7, 11) is 1.54. The number of benzene rings is 3. The van der Waals surface area contributed by atoms with Crippen molar-refractivity contribution >= 4 is 17.5 Å². The van der Waals surface area contributed by atoms with Crippen molar-refractivity contribution in [3.8, 4) is 17.9 Å².